The molecule has 0 aliphatic rings. The molecule has 0 aliphatic carbocycles. The average molecular weight is 1150 g/mol. The monoisotopic (exact) mass is 1150 g/mol. The van der Waals surface area contributed by atoms with Crippen LogP contribution in [-0.2, 0) is 83.0 Å². The van der Waals surface area contributed by atoms with Gasteiger partial charge in [0.25, 0.3) is 5.91 Å². The molecular weight excluding hydrogens is 1070 g/mol. The van der Waals surface area contributed by atoms with Crippen molar-refractivity contribution in [2.45, 2.75) is 141 Å². The van der Waals surface area contributed by atoms with Crippen molar-refractivity contribution in [2.24, 2.45) is 0 Å². The number of ether oxygens (including phenoxy) is 3. The molecule has 0 saturated carbocycles. The summed E-state index contributed by atoms with van der Waals surface area (Å²) in [7, 11) is -4.30. The molecule has 0 heterocycles. The average Bonchev–Trinajstić information content (AvgIpc) is 3.52. The largest absolute Gasteiger partial charge is 0.461 e. The van der Waals surface area contributed by atoms with Crippen LogP contribution in [0.15, 0.2) is 146 Å². The minimum Gasteiger partial charge on any atom is -0.461 e. The molecule has 5 N–H and O–H groups in total. The van der Waals surface area contributed by atoms with Gasteiger partial charge in [-0.1, -0.05) is 134 Å². The van der Waals surface area contributed by atoms with Crippen molar-refractivity contribution in [3.63, 3.8) is 0 Å². The summed E-state index contributed by atoms with van der Waals surface area (Å²) in [5.74, 6) is -3.59. The molecule has 0 saturated heterocycles. The van der Waals surface area contributed by atoms with Gasteiger partial charge in [0.1, 0.15) is 37.7 Å². The summed E-state index contributed by atoms with van der Waals surface area (Å²) < 4.78 is 56.1. The van der Waals surface area contributed by atoms with E-state index in [-0.39, 0.29) is 88.8 Å². The van der Waals surface area contributed by atoms with Crippen molar-refractivity contribution in [3.8, 4) is 0 Å². The third-order valence-corrected chi connectivity index (χ3v) is 14.4. The van der Waals surface area contributed by atoms with Gasteiger partial charge in [0, 0.05) is 50.4 Å². The number of unbranched alkanes of at least 4 members (excludes halogenated alkanes) is 4. The van der Waals surface area contributed by atoms with Crippen LogP contribution in [0.5, 0.6) is 0 Å². The zero-order chi connectivity index (χ0) is 58.6. The van der Waals surface area contributed by atoms with Gasteiger partial charge in [0.2, 0.25) is 17.7 Å². The molecule has 440 valence electrons. The molecule has 18 nitrogen and oxygen atoms in total. The quantitative estimate of drug-likeness (QED) is 0.0107. The molecule has 0 radical (unpaired) electrons. The van der Waals surface area contributed by atoms with Gasteiger partial charge in [-0.05, 0) is 105 Å². The lowest BCUT2D eigenvalue weighted by atomic mass is 10.1. The summed E-state index contributed by atoms with van der Waals surface area (Å²) in [5, 5.41) is 14.1. The highest BCUT2D eigenvalue weighted by Crippen LogP contribution is 2.46. The first-order valence-corrected chi connectivity index (χ1v) is 29.5. The minimum atomic E-state index is -4.30. The molecule has 5 rings (SSSR count). The van der Waals surface area contributed by atoms with Gasteiger partial charge in [-0.25, -0.2) is 18.8 Å². The van der Waals surface area contributed by atoms with Crippen molar-refractivity contribution >= 4 is 49.3 Å². The molecular formula is C62H77FN5O13P. The summed E-state index contributed by atoms with van der Waals surface area (Å²) in [6.45, 7) is 2.34. The third kappa shape index (κ3) is 27.3. The Kier molecular flexibility index (Phi) is 29.8. The van der Waals surface area contributed by atoms with Crippen LogP contribution in [0.1, 0.15) is 129 Å². The maximum absolute atomic E-state index is 14.5. The number of benzene rings is 5. The number of carbonyl (C=O) groups excluding carboxylic acids is 7. The predicted octanol–water partition coefficient (Wildman–Crippen LogP) is 9.65. The van der Waals surface area contributed by atoms with Crippen LogP contribution >= 0.6 is 7.75 Å². The fourth-order valence-electron chi connectivity index (χ4n) is 8.18. The lowest BCUT2D eigenvalue weighted by Gasteiger charge is -2.25. The van der Waals surface area contributed by atoms with E-state index in [0.717, 1.165) is 23.1 Å². The number of hydrogen-bond acceptors (Lipinski definition) is 13. The van der Waals surface area contributed by atoms with Crippen LogP contribution in [0.4, 0.5) is 4.39 Å². The van der Waals surface area contributed by atoms with Gasteiger partial charge in [-0.15, -0.1) is 0 Å². The molecule has 0 fully saturated rings. The highest BCUT2D eigenvalue weighted by Gasteiger charge is 2.34. The summed E-state index contributed by atoms with van der Waals surface area (Å²) in [6.07, 6.45) is 4.46. The van der Waals surface area contributed by atoms with Gasteiger partial charge in [0.15, 0.2) is 0 Å². The van der Waals surface area contributed by atoms with E-state index in [0.29, 0.717) is 75.6 Å². The Balaban J connectivity index is 1.05. The molecule has 0 bridgehead atoms. The first-order valence-electron chi connectivity index (χ1n) is 27.9. The Morgan fingerprint density at radius 2 is 0.939 bits per heavy atom. The molecule has 1 unspecified atom stereocenters. The van der Waals surface area contributed by atoms with Crippen LogP contribution in [-0.4, -0.2) is 79.4 Å². The fraction of sp³-hybridized carbons (Fsp3) is 0.403. The second-order valence-corrected chi connectivity index (χ2v) is 21.4. The zero-order valence-corrected chi connectivity index (χ0v) is 47.5. The summed E-state index contributed by atoms with van der Waals surface area (Å²) >= 11 is 0. The SMILES string of the molecule is C[C@H](CCCOP(=O)(N[C@@H](CCC(=O)OCc1ccccc1)C(=O)OCc1ccccc1)OCc1ccccc1)NC(=O)CC[C@H](NC(=O)CCCCCNC(=O)CCCCCNC(=O)c1ccc(F)cc1)C(=O)OCc1ccccc1. The summed E-state index contributed by atoms with van der Waals surface area (Å²) in [5.41, 5.74) is 3.33. The van der Waals surface area contributed by atoms with Gasteiger partial charge >= 0.3 is 25.7 Å². The van der Waals surface area contributed by atoms with Gasteiger partial charge < -0.3 is 35.5 Å². The highest BCUT2D eigenvalue weighted by molar-refractivity contribution is 7.51. The molecule has 4 atom stereocenters. The van der Waals surface area contributed by atoms with Crippen molar-refractivity contribution in [1.29, 1.82) is 0 Å². The second-order valence-electron chi connectivity index (χ2n) is 19.6. The smallest absolute Gasteiger partial charge is 0.406 e. The van der Waals surface area contributed by atoms with E-state index in [1.165, 1.54) is 24.3 Å². The Morgan fingerprint density at radius 1 is 0.463 bits per heavy atom. The highest BCUT2D eigenvalue weighted by atomic mass is 31.2. The fourth-order valence-corrected chi connectivity index (χ4v) is 9.71. The van der Waals surface area contributed by atoms with Crippen molar-refractivity contribution in [2.75, 3.05) is 19.7 Å². The van der Waals surface area contributed by atoms with Crippen LogP contribution < -0.4 is 26.4 Å². The van der Waals surface area contributed by atoms with E-state index in [1.54, 1.807) is 67.6 Å². The van der Waals surface area contributed by atoms with Gasteiger partial charge in [-0.3, -0.25) is 37.8 Å². The molecule has 5 aromatic rings. The molecule has 0 spiro atoms. The summed E-state index contributed by atoms with van der Waals surface area (Å²) in [6, 6.07) is 38.7. The second kappa shape index (κ2) is 37.4. The normalized spacial score (nSPS) is 12.8. The van der Waals surface area contributed by atoms with E-state index in [9.17, 15) is 42.5 Å². The molecule has 0 aliphatic heterocycles. The minimum absolute atomic E-state index is 0.0251. The lowest BCUT2D eigenvalue weighted by molar-refractivity contribution is -0.150. The standard InChI is InChI=1S/C62H77FN5O13P/c1-47(21-20-42-80-82(76,81-46-51-28-14-5-15-29-51)68-55(62(75)79-45-50-26-12-4-13-27-50)37-39-59(72)77-43-48-22-8-2-9-23-48)66-58(71)38-36-54(61(74)78-44-49-24-10-3-11-25-49)67-57(70)31-17-7-18-40-64-56(69)30-16-6-19-41-65-60(73)52-32-34-53(63)35-33-52/h2-5,8-15,22-29,32-35,47,54-55H,6-7,16-21,30-31,36-46H2,1H3,(H,64,69)(H,65,73)(H,66,71)(H,67,70)(H,68,76)/t47-,54+,55+,82?/m1/s1. The maximum atomic E-state index is 14.5. The number of halogens is 1. The van der Waals surface area contributed by atoms with E-state index < -0.39 is 49.6 Å². The van der Waals surface area contributed by atoms with E-state index in [4.69, 9.17) is 23.3 Å². The number of rotatable bonds is 39. The van der Waals surface area contributed by atoms with Crippen LogP contribution in [0, 0.1) is 5.82 Å². The van der Waals surface area contributed by atoms with Crippen molar-refractivity contribution in [3.05, 3.63) is 179 Å². The maximum Gasteiger partial charge on any atom is 0.406 e. The molecule has 20 heteroatoms. The number of carbonyl (C=O) groups is 7. The van der Waals surface area contributed by atoms with E-state index in [1.807, 2.05) is 60.7 Å². The Bertz CT molecular complexity index is 2760. The Hall–Kier alpha value is -7.57. The number of nitrogens with one attached hydrogen (secondary N) is 5. The Morgan fingerprint density at radius 3 is 1.50 bits per heavy atom. The third-order valence-electron chi connectivity index (χ3n) is 12.8. The van der Waals surface area contributed by atoms with Gasteiger partial charge in [0.05, 0.1) is 13.2 Å². The number of amides is 4. The zero-order valence-electron chi connectivity index (χ0n) is 46.6. The Labute approximate surface area is 479 Å². The van der Waals surface area contributed by atoms with E-state index >= 15 is 0 Å². The first-order chi connectivity index (χ1) is 39.7. The van der Waals surface area contributed by atoms with Crippen LogP contribution in [0.25, 0.3) is 0 Å². The number of esters is 3. The molecule has 0 aromatic heterocycles. The lowest BCUT2D eigenvalue weighted by Crippen LogP contribution is -2.43. The molecule has 82 heavy (non-hydrogen) atoms. The van der Waals surface area contributed by atoms with Crippen LogP contribution in [0.2, 0.25) is 0 Å². The molecule has 4 amide bonds. The molecule has 5 aromatic carbocycles. The predicted molar refractivity (Wildman–Crippen MR) is 306 cm³/mol. The van der Waals surface area contributed by atoms with E-state index in [2.05, 4.69) is 26.4 Å². The van der Waals surface area contributed by atoms with Crippen LogP contribution in [0.3, 0.4) is 0 Å². The first kappa shape index (κ1) is 65.2. The van der Waals surface area contributed by atoms with Crippen molar-refractivity contribution < 1.29 is 65.8 Å². The topological polar surface area (TPSA) is 243 Å². The number of hydrogen-bond donors (Lipinski definition) is 5. The van der Waals surface area contributed by atoms with Gasteiger partial charge in [-0.2, -0.15) is 0 Å². The summed E-state index contributed by atoms with van der Waals surface area (Å²) in [4.78, 5) is 90.9. The van der Waals surface area contributed by atoms with Crippen molar-refractivity contribution in [1.82, 2.24) is 26.4 Å².